The van der Waals surface area contributed by atoms with Crippen LogP contribution in [0.25, 0.3) is 0 Å². The van der Waals surface area contributed by atoms with E-state index in [1.165, 1.54) is 0 Å². The molecule has 1 aromatic rings. The van der Waals surface area contributed by atoms with Gasteiger partial charge in [-0.15, -0.1) is 0 Å². The maximum Gasteiger partial charge on any atom is 0.162 e. The fourth-order valence-corrected chi connectivity index (χ4v) is 2.84. The minimum absolute atomic E-state index is 0.0455. The highest BCUT2D eigenvalue weighted by atomic mass is 16.5. The van der Waals surface area contributed by atoms with Crippen molar-refractivity contribution in [1.29, 1.82) is 0 Å². The molecule has 20 heavy (non-hydrogen) atoms. The summed E-state index contributed by atoms with van der Waals surface area (Å²) < 4.78 is 5.18. The molecule has 0 saturated carbocycles. The number of rotatable bonds is 5. The molecule has 1 aromatic carbocycles. The molecule has 5 heteroatoms. The van der Waals surface area contributed by atoms with Crippen molar-refractivity contribution in [2.75, 3.05) is 46.4 Å². The van der Waals surface area contributed by atoms with E-state index in [1.54, 1.807) is 13.2 Å². The van der Waals surface area contributed by atoms with Crippen LogP contribution in [0.3, 0.4) is 0 Å². The number of piperazine rings is 1. The first-order valence-electron chi connectivity index (χ1n) is 7.23. The van der Waals surface area contributed by atoms with Crippen molar-refractivity contribution in [2.45, 2.75) is 13.0 Å². The van der Waals surface area contributed by atoms with Crippen molar-refractivity contribution in [3.63, 3.8) is 0 Å². The molecular weight excluding hydrogens is 254 g/mol. The second-order valence-corrected chi connectivity index (χ2v) is 5.12. The summed E-state index contributed by atoms with van der Waals surface area (Å²) in [4.78, 5) is 4.77. The lowest BCUT2D eigenvalue weighted by atomic mass is 10.0. The van der Waals surface area contributed by atoms with Gasteiger partial charge in [-0.2, -0.15) is 0 Å². The number of likely N-dealkylation sites (N-methyl/N-ethyl adjacent to an activating group) is 1. The molecule has 2 rings (SSSR count). The monoisotopic (exact) mass is 279 g/mol. The van der Waals surface area contributed by atoms with Gasteiger partial charge in [0.2, 0.25) is 0 Å². The highest BCUT2D eigenvalue weighted by molar-refractivity contribution is 5.47. The lowest BCUT2D eigenvalue weighted by Crippen LogP contribution is -2.48. The van der Waals surface area contributed by atoms with E-state index in [2.05, 4.69) is 16.7 Å². The molecule has 0 aromatic heterocycles. The van der Waals surface area contributed by atoms with Crippen LogP contribution >= 0.6 is 0 Å². The van der Waals surface area contributed by atoms with E-state index < -0.39 is 0 Å². The number of phenolic OH excluding ortho intramolecular Hbond substituents is 1. The Labute approximate surface area is 120 Å². The van der Waals surface area contributed by atoms with Crippen molar-refractivity contribution in [3.05, 3.63) is 23.8 Å². The largest absolute Gasteiger partial charge is 0.504 e. The molecule has 1 saturated heterocycles. The molecule has 3 N–H and O–H groups in total. The average molecular weight is 279 g/mol. The second-order valence-electron chi connectivity index (χ2n) is 5.12. The number of aromatic hydroxyl groups is 1. The number of para-hydroxylation sites is 1. The smallest absolute Gasteiger partial charge is 0.162 e. The zero-order valence-corrected chi connectivity index (χ0v) is 12.4. The highest BCUT2D eigenvalue weighted by Crippen LogP contribution is 2.35. The molecule has 1 fully saturated rings. The number of methoxy groups -OCH3 is 1. The lowest BCUT2D eigenvalue weighted by molar-refractivity contribution is 0.101. The molecule has 0 radical (unpaired) electrons. The Morgan fingerprint density at radius 2 is 2.00 bits per heavy atom. The molecule has 1 aliphatic heterocycles. The number of benzene rings is 1. The van der Waals surface area contributed by atoms with Crippen LogP contribution in [0, 0.1) is 0 Å². The molecule has 0 spiro atoms. The van der Waals surface area contributed by atoms with E-state index in [9.17, 15) is 5.11 Å². The van der Waals surface area contributed by atoms with Gasteiger partial charge in [0, 0.05) is 38.3 Å². The van der Waals surface area contributed by atoms with Gasteiger partial charge in [0.25, 0.3) is 0 Å². The lowest BCUT2D eigenvalue weighted by Gasteiger charge is -2.39. The molecule has 0 amide bonds. The summed E-state index contributed by atoms with van der Waals surface area (Å²) in [6.45, 7) is 7.83. The van der Waals surface area contributed by atoms with Crippen LogP contribution in [0.1, 0.15) is 18.5 Å². The van der Waals surface area contributed by atoms with Crippen LogP contribution in [0.5, 0.6) is 11.5 Å². The topological polar surface area (TPSA) is 62.0 Å². The molecule has 1 heterocycles. The van der Waals surface area contributed by atoms with E-state index >= 15 is 0 Å². The summed E-state index contributed by atoms with van der Waals surface area (Å²) in [5.74, 6) is 0.719. The Balaban J connectivity index is 2.16. The summed E-state index contributed by atoms with van der Waals surface area (Å²) in [7, 11) is 1.57. The summed E-state index contributed by atoms with van der Waals surface area (Å²) in [6, 6.07) is 5.64. The van der Waals surface area contributed by atoms with E-state index in [4.69, 9.17) is 10.5 Å². The van der Waals surface area contributed by atoms with Crippen LogP contribution in [0.4, 0.5) is 0 Å². The van der Waals surface area contributed by atoms with E-state index in [0.717, 1.165) is 38.3 Å². The van der Waals surface area contributed by atoms with Gasteiger partial charge in [0.15, 0.2) is 11.5 Å². The summed E-state index contributed by atoms with van der Waals surface area (Å²) in [6.07, 6.45) is 0. The number of phenols is 1. The first-order valence-corrected chi connectivity index (χ1v) is 7.23. The zero-order valence-electron chi connectivity index (χ0n) is 12.4. The van der Waals surface area contributed by atoms with Gasteiger partial charge in [-0.3, -0.25) is 4.90 Å². The molecule has 1 unspecified atom stereocenters. The summed E-state index contributed by atoms with van der Waals surface area (Å²) >= 11 is 0. The first-order chi connectivity index (χ1) is 9.71. The Bertz CT molecular complexity index is 431. The number of hydrogen-bond acceptors (Lipinski definition) is 5. The normalized spacial score (nSPS) is 18.9. The van der Waals surface area contributed by atoms with Crippen LogP contribution in [0.2, 0.25) is 0 Å². The highest BCUT2D eigenvalue weighted by Gasteiger charge is 2.26. The third-order valence-corrected chi connectivity index (χ3v) is 4.13. The van der Waals surface area contributed by atoms with Crippen molar-refractivity contribution >= 4 is 0 Å². The van der Waals surface area contributed by atoms with Gasteiger partial charge in [-0.1, -0.05) is 19.1 Å². The Morgan fingerprint density at radius 1 is 1.30 bits per heavy atom. The fraction of sp³-hybridized carbons (Fsp3) is 0.600. The van der Waals surface area contributed by atoms with E-state index in [0.29, 0.717) is 12.3 Å². The Hall–Kier alpha value is -1.30. The standard InChI is InChI=1S/C15H25N3O2/c1-3-17-7-9-18(10-8-17)13(11-16)12-5-4-6-14(20-2)15(12)19/h4-6,13,19H,3,7-11,16H2,1-2H3. The molecule has 112 valence electrons. The van der Waals surface area contributed by atoms with Gasteiger partial charge >= 0.3 is 0 Å². The van der Waals surface area contributed by atoms with Crippen LogP contribution in [-0.2, 0) is 0 Å². The van der Waals surface area contributed by atoms with Gasteiger partial charge in [-0.05, 0) is 12.6 Å². The predicted molar refractivity (Wildman–Crippen MR) is 80.1 cm³/mol. The molecule has 5 nitrogen and oxygen atoms in total. The molecule has 1 aliphatic rings. The molecule has 0 aliphatic carbocycles. The number of nitrogens with zero attached hydrogens (tertiary/aromatic N) is 2. The molecular formula is C15H25N3O2. The average Bonchev–Trinajstić information content (AvgIpc) is 2.50. The number of hydrogen-bond donors (Lipinski definition) is 2. The van der Waals surface area contributed by atoms with Crippen molar-refractivity contribution in [3.8, 4) is 11.5 Å². The number of ether oxygens (including phenoxy) is 1. The third-order valence-electron chi connectivity index (χ3n) is 4.13. The predicted octanol–water partition coefficient (Wildman–Crippen LogP) is 1.04. The Kier molecular flexibility index (Phi) is 5.23. The Morgan fingerprint density at radius 3 is 2.55 bits per heavy atom. The maximum absolute atomic E-state index is 10.3. The van der Waals surface area contributed by atoms with Crippen LogP contribution in [-0.4, -0.2) is 61.3 Å². The fourth-order valence-electron chi connectivity index (χ4n) is 2.84. The van der Waals surface area contributed by atoms with E-state index in [1.807, 2.05) is 12.1 Å². The minimum atomic E-state index is 0.0455. The van der Waals surface area contributed by atoms with Crippen molar-refractivity contribution in [1.82, 2.24) is 9.80 Å². The third kappa shape index (κ3) is 3.06. The van der Waals surface area contributed by atoms with Gasteiger partial charge < -0.3 is 20.5 Å². The first kappa shape index (κ1) is 15.1. The quantitative estimate of drug-likeness (QED) is 0.843. The minimum Gasteiger partial charge on any atom is -0.504 e. The summed E-state index contributed by atoms with van der Waals surface area (Å²) in [5, 5.41) is 10.3. The van der Waals surface area contributed by atoms with Crippen molar-refractivity contribution in [2.24, 2.45) is 5.73 Å². The molecule has 0 bridgehead atoms. The SMILES string of the molecule is CCN1CCN(C(CN)c2cccc(OC)c2O)CC1. The van der Waals surface area contributed by atoms with Crippen LogP contribution in [0.15, 0.2) is 18.2 Å². The maximum atomic E-state index is 10.3. The molecule has 1 atom stereocenters. The summed E-state index contributed by atoms with van der Waals surface area (Å²) in [5.41, 5.74) is 6.81. The van der Waals surface area contributed by atoms with Gasteiger partial charge in [0.1, 0.15) is 0 Å². The number of nitrogens with two attached hydrogens (primary N) is 1. The van der Waals surface area contributed by atoms with Gasteiger partial charge in [0.05, 0.1) is 13.2 Å². The van der Waals surface area contributed by atoms with E-state index in [-0.39, 0.29) is 11.8 Å². The van der Waals surface area contributed by atoms with Gasteiger partial charge in [-0.25, -0.2) is 0 Å². The second kappa shape index (κ2) is 6.92. The zero-order chi connectivity index (χ0) is 14.5. The van der Waals surface area contributed by atoms with Crippen LogP contribution < -0.4 is 10.5 Å². The van der Waals surface area contributed by atoms with Crippen molar-refractivity contribution < 1.29 is 9.84 Å².